The topological polar surface area (TPSA) is 263 Å². The number of fused-ring (bicyclic) bond motifs is 4. The molecular formula is C56H82FN7O11. The number of hydrogen-bond donors (Lipinski definition) is 7. The number of aromatic nitrogens is 2. The Hall–Kier alpha value is -5.60. The highest BCUT2D eigenvalue weighted by Gasteiger charge is 2.39. The van der Waals surface area contributed by atoms with Gasteiger partial charge in [0.2, 0.25) is 11.8 Å². The number of benzene rings is 1. The Kier molecular flexibility index (Phi) is 21.2. The predicted octanol–water partition coefficient (Wildman–Crippen LogP) is 6.74. The molecule has 2 aliphatic rings. The van der Waals surface area contributed by atoms with Gasteiger partial charge in [0.1, 0.15) is 23.1 Å². The third kappa shape index (κ3) is 15.3. The van der Waals surface area contributed by atoms with Gasteiger partial charge in [0.15, 0.2) is 6.29 Å². The van der Waals surface area contributed by atoms with Gasteiger partial charge in [-0.2, -0.15) is 0 Å². The first-order valence-corrected chi connectivity index (χ1v) is 26.6. The lowest BCUT2D eigenvalue weighted by atomic mass is 9.81. The molecule has 414 valence electrons. The molecule has 0 radical (unpaired) electrons. The number of alkyl carbamates (subject to hydrolysis) is 1. The molecule has 0 saturated heterocycles. The fraction of sp³-hybridized carbons (Fsp3) is 0.625. The van der Waals surface area contributed by atoms with Crippen LogP contribution in [0.5, 0.6) is 0 Å². The zero-order valence-electron chi connectivity index (χ0n) is 45.6. The molecule has 0 spiro atoms. The zero-order chi connectivity index (χ0) is 55.3. The standard InChI is InChI=1S/C56H82FN7O11/c1-10-23-56(72,51(69)59-27-17-14-19-42(60-45(66)20-13-12-16-26-58)49(67)63-54(7,8)25-29-75-53(4,5)6)24-15-18-28-74-52(70)62-41-22-21-36-35(3)40(57)31-43-46(36)47(41)37-32-64-44(48(37)61-43)30-39(55(71,11-2)34-65)38(33-73-9)50(64)68/h18,28,30-31,34,41-42,71-72H,10-17,19-27,29,32-33,58H2,1-9H3,(H,59,69)(H,60,66)(H,62,70)(H,63,67)/b28-18+/t41?,42?,55-,56-/m1/s1. The fourth-order valence-corrected chi connectivity index (χ4v) is 10.0. The number of hydrogen-bond acceptors (Lipinski definition) is 13. The number of methoxy groups -OCH3 is 1. The third-order valence-corrected chi connectivity index (χ3v) is 14.3. The van der Waals surface area contributed by atoms with Crippen molar-refractivity contribution in [3.05, 3.63) is 74.0 Å². The second kappa shape index (κ2) is 26.4. The summed E-state index contributed by atoms with van der Waals surface area (Å²) in [7, 11) is 1.41. The van der Waals surface area contributed by atoms with Gasteiger partial charge in [-0.15, -0.1) is 0 Å². The highest BCUT2D eigenvalue weighted by molar-refractivity contribution is 5.93. The molecule has 8 N–H and O–H groups in total. The number of rotatable bonds is 29. The fourth-order valence-electron chi connectivity index (χ4n) is 10.0. The van der Waals surface area contributed by atoms with Gasteiger partial charge in [0.05, 0.1) is 48.0 Å². The van der Waals surface area contributed by atoms with E-state index in [1.165, 1.54) is 24.0 Å². The molecule has 2 aromatic heterocycles. The van der Waals surface area contributed by atoms with Crippen LogP contribution >= 0.6 is 0 Å². The predicted molar refractivity (Wildman–Crippen MR) is 284 cm³/mol. The number of aliphatic hydroxyl groups is 2. The second-order valence-corrected chi connectivity index (χ2v) is 21.7. The van der Waals surface area contributed by atoms with E-state index in [2.05, 4.69) is 21.3 Å². The van der Waals surface area contributed by atoms with Gasteiger partial charge in [-0.25, -0.2) is 14.2 Å². The van der Waals surface area contributed by atoms with Crippen molar-refractivity contribution in [1.29, 1.82) is 0 Å². The van der Waals surface area contributed by atoms with Crippen molar-refractivity contribution < 1.29 is 52.8 Å². The molecule has 4 atom stereocenters. The molecule has 1 aromatic carbocycles. The van der Waals surface area contributed by atoms with Crippen LogP contribution in [0.3, 0.4) is 0 Å². The number of halogens is 1. The summed E-state index contributed by atoms with van der Waals surface area (Å²) in [5.74, 6) is -1.50. The minimum atomic E-state index is -1.98. The maximum Gasteiger partial charge on any atom is 0.412 e. The van der Waals surface area contributed by atoms with E-state index in [1.54, 1.807) is 26.0 Å². The minimum absolute atomic E-state index is 0.00723. The first kappa shape index (κ1) is 60.3. The van der Waals surface area contributed by atoms with Gasteiger partial charge in [0.25, 0.3) is 11.5 Å². The highest BCUT2D eigenvalue weighted by atomic mass is 19.1. The lowest BCUT2D eigenvalue weighted by Gasteiger charge is -2.30. The number of nitrogens with two attached hydrogens (primary N) is 1. The van der Waals surface area contributed by atoms with Crippen LogP contribution in [0.2, 0.25) is 0 Å². The summed E-state index contributed by atoms with van der Waals surface area (Å²) in [4.78, 5) is 84.6. The number of ether oxygens (including phenoxy) is 3. The van der Waals surface area contributed by atoms with E-state index < -0.39 is 52.2 Å². The summed E-state index contributed by atoms with van der Waals surface area (Å²) >= 11 is 0. The molecule has 1 aliphatic heterocycles. The van der Waals surface area contributed by atoms with Crippen LogP contribution < -0.4 is 32.6 Å². The van der Waals surface area contributed by atoms with Crippen LogP contribution in [0.15, 0.2) is 29.3 Å². The Morgan fingerprint density at radius 2 is 1.76 bits per heavy atom. The molecule has 2 unspecified atom stereocenters. The Bertz CT molecular complexity index is 2630. The number of nitrogens with one attached hydrogen (secondary N) is 4. The second-order valence-electron chi connectivity index (χ2n) is 21.7. The van der Waals surface area contributed by atoms with Crippen LogP contribution in [0.4, 0.5) is 9.18 Å². The Morgan fingerprint density at radius 1 is 1.01 bits per heavy atom. The normalized spacial score (nSPS) is 16.1. The van der Waals surface area contributed by atoms with Crippen LogP contribution in [-0.4, -0.2) is 99.5 Å². The third-order valence-electron chi connectivity index (χ3n) is 14.3. The first-order chi connectivity index (χ1) is 35.5. The maximum absolute atomic E-state index is 15.4. The summed E-state index contributed by atoms with van der Waals surface area (Å²) in [6, 6.07) is 1.48. The number of aryl methyl sites for hydroxylation is 1. The smallest absolute Gasteiger partial charge is 0.412 e. The number of pyridine rings is 2. The van der Waals surface area contributed by atoms with E-state index in [1.807, 2.05) is 41.5 Å². The van der Waals surface area contributed by atoms with E-state index in [0.29, 0.717) is 110 Å². The number of carbonyl (C=O) groups is 5. The average Bonchev–Trinajstić information content (AvgIpc) is 3.72. The lowest BCUT2D eigenvalue weighted by molar-refractivity contribution is -0.141. The van der Waals surface area contributed by atoms with E-state index in [0.717, 1.165) is 18.4 Å². The molecule has 0 bridgehead atoms. The quantitative estimate of drug-likeness (QED) is 0.0169. The molecular weight excluding hydrogens is 966 g/mol. The molecule has 19 heteroatoms. The van der Waals surface area contributed by atoms with Crippen LogP contribution in [0.25, 0.3) is 22.3 Å². The van der Waals surface area contributed by atoms with Crippen LogP contribution in [0.1, 0.15) is 178 Å². The van der Waals surface area contributed by atoms with Crippen LogP contribution in [-0.2, 0) is 58.6 Å². The summed E-state index contributed by atoms with van der Waals surface area (Å²) in [6.07, 6.45) is 8.55. The van der Waals surface area contributed by atoms with Gasteiger partial charge in [-0.05, 0) is 154 Å². The molecule has 4 amide bonds. The summed E-state index contributed by atoms with van der Waals surface area (Å²) in [6.45, 7) is 16.0. The van der Waals surface area contributed by atoms with Crippen molar-refractivity contribution >= 4 is 41.0 Å². The van der Waals surface area contributed by atoms with Gasteiger partial charge >= 0.3 is 6.09 Å². The van der Waals surface area contributed by atoms with Crippen molar-refractivity contribution in [3.63, 3.8) is 0 Å². The number of aldehydes is 1. The van der Waals surface area contributed by atoms with E-state index in [9.17, 15) is 39.0 Å². The van der Waals surface area contributed by atoms with Gasteiger partial charge in [0, 0.05) is 60.4 Å². The zero-order valence-corrected chi connectivity index (χ0v) is 45.6. The molecule has 0 saturated carbocycles. The molecule has 3 aromatic rings. The molecule has 75 heavy (non-hydrogen) atoms. The van der Waals surface area contributed by atoms with E-state index in [-0.39, 0.29) is 80.3 Å². The van der Waals surface area contributed by atoms with Gasteiger partial charge < -0.3 is 56.0 Å². The van der Waals surface area contributed by atoms with Crippen molar-refractivity contribution in [3.8, 4) is 11.4 Å². The number of carbonyl (C=O) groups excluding carboxylic acids is 5. The van der Waals surface area contributed by atoms with Gasteiger partial charge in [-0.3, -0.25) is 24.0 Å². The molecule has 3 heterocycles. The SMILES string of the molecule is CCC[C@@](O)(CC/C=C/OC(=O)NC1CCc2c(C)c(F)cc3nc4c(c1c23)Cn1c-4cc([C@](O)(C=O)CC)c(COC)c1=O)C(=O)NCCCCC(NC(=O)CCCCCN)C(=O)NC(C)(C)CCOC(C)(C)C. The maximum atomic E-state index is 15.4. The van der Waals surface area contributed by atoms with Crippen molar-refractivity contribution in [2.75, 3.05) is 26.8 Å². The summed E-state index contributed by atoms with van der Waals surface area (Å²) < 4.78 is 33.6. The monoisotopic (exact) mass is 1050 g/mol. The molecule has 1 aliphatic carbocycles. The van der Waals surface area contributed by atoms with Crippen molar-refractivity contribution in [2.24, 2.45) is 5.73 Å². The first-order valence-electron chi connectivity index (χ1n) is 26.6. The summed E-state index contributed by atoms with van der Waals surface area (Å²) in [5.41, 5.74) is 4.27. The van der Waals surface area contributed by atoms with Crippen molar-refractivity contribution in [2.45, 2.75) is 199 Å². The van der Waals surface area contributed by atoms with E-state index >= 15 is 4.39 Å². The Balaban J connectivity index is 1.20. The molecule has 5 rings (SSSR count). The summed E-state index contributed by atoms with van der Waals surface area (Å²) in [5, 5.41) is 35.3. The largest absolute Gasteiger partial charge is 0.419 e. The molecule has 18 nitrogen and oxygen atoms in total. The molecule has 0 fully saturated rings. The number of allylic oxidation sites excluding steroid dienone is 1. The number of amides is 4. The Morgan fingerprint density at radius 3 is 2.43 bits per heavy atom. The van der Waals surface area contributed by atoms with Crippen molar-refractivity contribution in [1.82, 2.24) is 30.8 Å². The number of unbranched alkanes of at least 4 members (excludes halogenated alkanes) is 3. The van der Waals surface area contributed by atoms with Gasteiger partial charge in [-0.1, -0.05) is 26.7 Å². The van der Waals surface area contributed by atoms with Crippen LogP contribution in [0, 0.1) is 12.7 Å². The minimum Gasteiger partial charge on any atom is -0.419 e. The van der Waals surface area contributed by atoms with E-state index in [4.69, 9.17) is 24.9 Å². The lowest BCUT2D eigenvalue weighted by Crippen LogP contribution is -2.53. The Labute approximate surface area is 440 Å². The number of nitrogens with zero attached hydrogens (tertiary/aromatic N) is 2. The highest BCUT2D eigenvalue weighted by Crippen LogP contribution is 2.45. The average molecular weight is 1050 g/mol.